The smallest absolute Gasteiger partial charge is 0.426 e. The molecule has 0 aliphatic carbocycles. The summed E-state index contributed by atoms with van der Waals surface area (Å²) in [6.45, 7) is 10.4. The molecule has 1 atom stereocenters. The third-order valence-corrected chi connectivity index (χ3v) is 4.77. The molecule has 1 heterocycles. The fraction of sp³-hybridized carbons (Fsp3) is 0.520. The number of rotatable bonds is 7. The molecule has 9 nitrogen and oxygen atoms in total. The number of nitrogens with zero attached hydrogens (tertiary/aromatic N) is 3. The average Bonchev–Trinajstić information content (AvgIpc) is 2.74. The highest BCUT2D eigenvalue weighted by atomic mass is 19.4. The first-order valence-corrected chi connectivity index (χ1v) is 11.5. The number of hydrogen-bond acceptors (Lipinski definition) is 8. The zero-order valence-corrected chi connectivity index (χ0v) is 22.0. The van der Waals surface area contributed by atoms with Gasteiger partial charge in [-0.25, -0.2) is 19.5 Å². The van der Waals surface area contributed by atoms with Crippen molar-refractivity contribution in [3.63, 3.8) is 0 Å². The fourth-order valence-electron chi connectivity index (χ4n) is 3.37. The molecule has 204 valence electrons. The van der Waals surface area contributed by atoms with E-state index in [-0.39, 0.29) is 29.5 Å². The highest BCUT2D eigenvalue weighted by Crippen LogP contribution is 2.39. The SMILES string of the molecule is CC(C)C[C@](C)(N)COc1ccc(-c2ccnc(OC(=O)N(C)C(=O)OC(C)(C)C)n2)cc1C(F)(F)F. The number of imide groups is 1. The number of carbonyl (C=O) groups is 2. The Bertz CT molecular complexity index is 1110. The minimum absolute atomic E-state index is 0.0539. The van der Waals surface area contributed by atoms with Crippen LogP contribution in [0.3, 0.4) is 0 Å². The zero-order valence-electron chi connectivity index (χ0n) is 22.0. The second kappa shape index (κ2) is 11.3. The molecule has 2 aromatic rings. The third kappa shape index (κ3) is 9.19. The summed E-state index contributed by atoms with van der Waals surface area (Å²) in [5.41, 5.74) is 3.65. The molecule has 0 radical (unpaired) electrons. The molecular formula is C25H33F3N4O5. The Morgan fingerprint density at radius 1 is 1.08 bits per heavy atom. The number of ether oxygens (including phenoxy) is 3. The van der Waals surface area contributed by atoms with E-state index in [1.54, 1.807) is 27.7 Å². The lowest BCUT2D eigenvalue weighted by atomic mass is 9.93. The Balaban J connectivity index is 2.26. The predicted molar refractivity (Wildman–Crippen MR) is 130 cm³/mol. The van der Waals surface area contributed by atoms with E-state index in [1.165, 1.54) is 24.4 Å². The maximum atomic E-state index is 13.8. The molecule has 0 fully saturated rings. The van der Waals surface area contributed by atoms with Gasteiger partial charge in [-0.15, -0.1) is 0 Å². The first-order valence-electron chi connectivity index (χ1n) is 11.5. The molecule has 0 bridgehead atoms. The molecule has 1 aromatic heterocycles. The van der Waals surface area contributed by atoms with Crippen LogP contribution in [-0.2, 0) is 10.9 Å². The van der Waals surface area contributed by atoms with Gasteiger partial charge in [0.15, 0.2) is 0 Å². The number of hydrogen-bond donors (Lipinski definition) is 1. The van der Waals surface area contributed by atoms with Crippen molar-refractivity contribution in [1.82, 2.24) is 14.9 Å². The summed E-state index contributed by atoms with van der Waals surface area (Å²) in [4.78, 5) is 32.7. The Morgan fingerprint density at radius 3 is 2.30 bits per heavy atom. The van der Waals surface area contributed by atoms with Gasteiger partial charge in [0.1, 0.15) is 18.0 Å². The van der Waals surface area contributed by atoms with E-state index in [4.69, 9.17) is 19.9 Å². The van der Waals surface area contributed by atoms with Gasteiger partial charge in [-0.1, -0.05) is 13.8 Å². The van der Waals surface area contributed by atoms with Gasteiger partial charge in [0.05, 0.1) is 11.3 Å². The van der Waals surface area contributed by atoms with Crippen LogP contribution in [-0.4, -0.2) is 51.8 Å². The van der Waals surface area contributed by atoms with Gasteiger partial charge >= 0.3 is 24.4 Å². The van der Waals surface area contributed by atoms with Crippen molar-refractivity contribution >= 4 is 12.2 Å². The maximum Gasteiger partial charge on any atom is 0.426 e. The predicted octanol–water partition coefficient (Wildman–Crippen LogP) is 5.67. The molecule has 2 rings (SSSR count). The lowest BCUT2D eigenvalue weighted by Crippen LogP contribution is -2.43. The van der Waals surface area contributed by atoms with Crippen molar-refractivity contribution in [1.29, 1.82) is 0 Å². The second-order valence-electron chi connectivity index (χ2n) is 10.4. The zero-order chi connectivity index (χ0) is 28.2. The van der Waals surface area contributed by atoms with Gasteiger partial charge in [-0.2, -0.15) is 18.2 Å². The van der Waals surface area contributed by atoms with Crippen LogP contribution >= 0.6 is 0 Å². The van der Waals surface area contributed by atoms with Crippen LogP contribution in [0.4, 0.5) is 22.8 Å². The minimum Gasteiger partial charge on any atom is -0.491 e. The van der Waals surface area contributed by atoms with E-state index in [0.717, 1.165) is 13.1 Å². The van der Waals surface area contributed by atoms with Crippen molar-refractivity contribution in [2.75, 3.05) is 13.7 Å². The van der Waals surface area contributed by atoms with Gasteiger partial charge in [0.2, 0.25) is 0 Å². The van der Waals surface area contributed by atoms with Gasteiger partial charge < -0.3 is 19.9 Å². The van der Waals surface area contributed by atoms with E-state index in [1.807, 2.05) is 13.8 Å². The molecule has 37 heavy (non-hydrogen) atoms. The number of carbonyl (C=O) groups excluding carboxylic acids is 2. The lowest BCUT2D eigenvalue weighted by molar-refractivity contribution is -0.139. The van der Waals surface area contributed by atoms with Gasteiger partial charge in [-0.3, -0.25) is 0 Å². The van der Waals surface area contributed by atoms with Crippen molar-refractivity contribution < 1.29 is 37.0 Å². The minimum atomic E-state index is -4.72. The molecule has 0 spiro atoms. The molecule has 2 amide bonds. The van der Waals surface area contributed by atoms with Gasteiger partial charge in [0.25, 0.3) is 0 Å². The van der Waals surface area contributed by atoms with Gasteiger partial charge in [0, 0.05) is 24.3 Å². The molecule has 0 aliphatic heterocycles. The molecule has 0 saturated heterocycles. The summed E-state index contributed by atoms with van der Waals surface area (Å²) in [5.74, 6) is -0.121. The fourth-order valence-corrected chi connectivity index (χ4v) is 3.37. The molecule has 12 heteroatoms. The number of amides is 2. The van der Waals surface area contributed by atoms with E-state index in [0.29, 0.717) is 11.3 Å². The van der Waals surface area contributed by atoms with E-state index in [2.05, 4.69) is 9.97 Å². The summed E-state index contributed by atoms with van der Waals surface area (Å²) in [5, 5.41) is 0. The third-order valence-electron chi connectivity index (χ3n) is 4.77. The normalized spacial score (nSPS) is 13.6. The summed E-state index contributed by atoms with van der Waals surface area (Å²) >= 11 is 0. The van der Waals surface area contributed by atoms with E-state index >= 15 is 0 Å². The second-order valence-corrected chi connectivity index (χ2v) is 10.4. The Kier molecular flexibility index (Phi) is 9.13. The number of alkyl halides is 3. The Morgan fingerprint density at radius 2 is 1.73 bits per heavy atom. The van der Waals surface area contributed by atoms with Crippen LogP contribution < -0.4 is 15.2 Å². The molecule has 1 aromatic carbocycles. The Labute approximate surface area is 214 Å². The number of benzene rings is 1. The van der Waals surface area contributed by atoms with E-state index < -0.39 is 41.1 Å². The topological polar surface area (TPSA) is 117 Å². The summed E-state index contributed by atoms with van der Waals surface area (Å²) in [6, 6.07) is 4.35. The highest BCUT2D eigenvalue weighted by Gasteiger charge is 2.35. The van der Waals surface area contributed by atoms with Crippen molar-refractivity contribution in [3.05, 3.63) is 36.0 Å². The molecule has 0 saturated carbocycles. The number of nitrogens with two attached hydrogens (primary N) is 1. The average molecular weight is 527 g/mol. The van der Waals surface area contributed by atoms with Crippen LogP contribution in [0.2, 0.25) is 0 Å². The van der Waals surface area contributed by atoms with E-state index in [9.17, 15) is 22.8 Å². The standard InChI is InChI=1S/C25H33F3N4O5/c1-15(2)13-24(6,29)14-35-19-9-8-16(12-17(19)25(26,27)28)18-10-11-30-20(31-18)36-21(33)32(7)22(34)37-23(3,4)5/h8-12,15H,13-14,29H2,1-7H3/t24-/m0/s1. The van der Waals surface area contributed by atoms with Crippen LogP contribution in [0.1, 0.15) is 53.5 Å². The molecule has 2 N–H and O–H groups in total. The van der Waals surface area contributed by atoms with Crippen LogP contribution in [0.15, 0.2) is 30.5 Å². The van der Waals surface area contributed by atoms with Crippen LogP contribution in [0.25, 0.3) is 11.3 Å². The summed E-state index contributed by atoms with van der Waals surface area (Å²) < 4.78 is 57.1. The molecule has 0 unspecified atom stereocenters. The van der Waals surface area contributed by atoms with Crippen molar-refractivity contribution in [2.45, 2.75) is 65.3 Å². The lowest BCUT2D eigenvalue weighted by Gasteiger charge is -2.27. The van der Waals surface area contributed by atoms with Crippen molar-refractivity contribution in [2.24, 2.45) is 11.7 Å². The Hall–Kier alpha value is -3.41. The monoisotopic (exact) mass is 526 g/mol. The molecular weight excluding hydrogens is 493 g/mol. The van der Waals surface area contributed by atoms with Crippen LogP contribution in [0.5, 0.6) is 11.8 Å². The van der Waals surface area contributed by atoms with Gasteiger partial charge in [-0.05, 0) is 64.3 Å². The summed E-state index contributed by atoms with van der Waals surface area (Å²) in [6.07, 6.45) is -5.02. The first kappa shape index (κ1) is 29.8. The highest BCUT2D eigenvalue weighted by molar-refractivity contribution is 5.88. The quantitative estimate of drug-likeness (QED) is 0.490. The number of aromatic nitrogens is 2. The van der Waals surface area contributed by atoms with Crippen molar-refractivity contribution in [3.8, 4) is 23.0 Å². The maximum absolute atomic E-state index is 13.8. The van der Waals surface area contributed by atoms with Crippen LogP contribution in [0, 0.1) is 5.92 Å². The molecule has 0 aliphatic rings. The summed E-state index contributed by atoms with van der Waals surface area (Å²) in [7, 11) is 1.14. The number of halogens is 3. The largest absolute Gasteiger partial charge is 0.491 e. The first-order chi connectivity index (χ1) is 16.9.